The van der Waals surface area contributed by atoms with Gasteiger partial charge in [-0.2, -0.15) is 11.8 Å². The molecule has 1 atom stereocenters. The number of carbonyl (C=O) groups is 2. The van der Waals surface area contributed by atoms with Gasteiger partial charge < -0.3 is 15.7 Å². The minimum absolute atomic E-state index is 0.0103. The summed E-state index contributed by atoms with van der Waals surface area (Å²) in [5.74, 6) is -1.18. The van der Waals surface area contributed by atoms with Gasteiger partial charge in [0.05, 0.1) is 5.60 Å². The van der Waals surface area contributed by atoms with Gasteiger partial charge in [-0.25, -0.2) is 4.39 Å². The molecule has 3 N–H and O–H groups in total. The summed E-state index contributed by atoms with van der Waals surface area (Å²) in [6, 6.07) is 5.62. The molecule has 22 heavy (non-hydrogen) atoms. The zero-order valence-electron chi connectivity index (χ0n) is 12.7. The molecule has 122 valence electrons. The Morgan fingerprint density at radius 2 is 1.82 bits per heavy atom. The SMILES string of the molecule is CSCCC(C)(O)CNC(=O)C(=O)NCc1ccc(F)cc1. The van der Waals surface area contributed by atoms with Crippen LogP contribution in [0, 0.1) is 5.82 Å². The molecule has 0 bridgehead atoms. The van der Waals surface area contributed by atoms with E-state index in [4.69, 9.17) is 0 Å². The fourth-order valence-corrected chi connectivity index (χ4v) is 2.27. The second-order valence-corrected chi connectivity index (χ2v) is 6.22. The lowest BCUT2D eigenvalue weighted by atomic mass is 10.0. The van der Waals surface area contributed by atoms with Crippen molar-refractivity contribution in [2.45, 2.75) is 25.5 Å². The zero-order chi connectivity index (χ0) is 16.6. The first-order valence-corrected chi connectivity index (χ1v) is 8.25. The van der Waals surface area contributed by atoms with Crippen molar-refractivity contribution in [3.05, 3.63) is 35.6 Å². The number of hydrogen-bond donors (Lipinski definition) is 3. The first kappa shape index (κ1) is 18.4. The molecule has 0 aliphatic rings. The molecule has 1 aromatic rings. The Balaban J connectivity index is 2.35. The van der Waals surface area contributed by atoms with Crippen LogP contribution in [0.4, 0.5) is 4.39 Å². The van der Waals surface area contributed by atoms with Crippen LogP contribution in [-0.2, 0) is 16.1 Å². The third-order valence-electron chi connectivity index (χ3n) is 3.05. The summed E-state index contributed by atoms with van der Waals surface area (Å²) in [7, 11) is 0. The van der Waals surface area contributed by atoms with Crippen molar-refractivity contribution < 1.29 is 19.1 Å². The number of benzene rings is 1. The maximum absolute atomic E-state index is 12.7. The highest BCUT2D eigenvalue weighted by atomic mass is 32.2. The molecular formula is C15H21FN2O3S. The zero-order valence-corrected chi connectivity index (χ0v) is 13.5. The summed E-state index contributed by atoms with van der Waals surface area (Å²) in [5, 5.41) is 14.9. The Kier molecular flexibility index (Phi) is 7.34. The Morgan fingerprint density at radius 3 is 2.41 bits per heavy atom. The molecule has 1 aromatic carbocycles. The van der Waals surface area contributed by atoms with Crippen LogP contribution in [0.1, 0.15) is 18.9 Å². The van der Waals surface area contributed by atoms with Gasteiger partial charge in [-0.15, -0.1) is 0 Å². The van der Waals surface area contributed by atoms with E-state index in [9.17, 15) is 19.1 Å². The van der Waals surface area contributed by atoms with Crippen LogP contribution in [-0.4, -0.2) is 41.1 Å². The van der Waals surface area contributed by atoms with E-state index < -0.39 is 17.4 Å². The van der Waals surface area contributed by atoms with Gasteiger partial charge >= 0.3 is 11.8 Å². The number of hydrogen-bond acceptors (Lipinski definition) is 4. The van der Waals surface area contributed by atoms with E-state index in [0.717, 1.165) is 5.75 Å². The molecule has 1 unspecified atom stereocenters. The summed E-state index contributed by atoms with van der Waals surface area (Å²) in [6.07, 6.45) is 2.45. The van der Waals surface area contributed by atoms with Gasteiger partial charge in [0.2, 0.25) is 0 Å². The standard InChI is InChI=1S/C15H21FN2O3S/c1-15(21,7-8-22-2)10-18-14(20)13(19)17-9-11-3-5-12(16)6-4-11/h3-6,21H,7-10H2,1-2H3,(H,17,19)(H,18,20). The maximum Gasteiger partial charge on any atom is 0.309 e. The number of amides is 2. The van der Waals surface area contributed by atoms with Gasteiger partial charge in [-0.3, -0.25) is 9.59 Å². The van der Waals surface area contributed by atoms with Gasteiger partial charge in [0, 0.05) is 13.1 Å². The lowest BCUT2D eigenvalue weighted by Gasteiger charge is -2.23. The number of halogens is 1. The van der Waals surface area contributed by atoms with Crippen molar-refractivity contribution in [1.82, 2.24) is 10.6 Å². The molecule has 0 aromatic heterocycles. The number of nitrogens with one attached hydrogen (secondary N) is 2. The first-order chi connectivity index (χ1) is 10.3. The lowest BCUT2D eigenvalue weighted by Crippen LogP contribution is -2.46. The van der Waals surface area contributed by atoms with Crippen molar-refractivity contribution in [3.8, 4) is 0 Å². The Morgan fingerprint density at radius 1 is 1.23 bits per heavy atom. The summed E-state index contributed by atoms with van der Waals surface area (Å²) in [5.41, 5.74) is -0.356. The minimum Gasteiger partial charge on any atom is -0.388 e. The molecule has 0 spiro atoms. The van der Waals surface area contributed by atoms with E-state index in [-0.39, 0.29) is 18.9 Å². The quantitative estimate of drug-likeness (QED) is 0.654. The molecule has 1 rings (SSSR count). The molecule has 7 heteroatoms. The number of thioether (sulfide) groups is 1. The fourth-order valence-electron chi connectivity index (χ4n) is 1.63. The van der Waals surface area contributed by atoms with E-state index >= 15 is 0 Å². The van der Waals surface area contributed by atoms with Gasteiger partial charge in [-0.05, 0) is 43.0 Å². The predicted molar refractivity (Wildman–Crippen MR) is 84.9 cm³/mol. The van der Waals surface area contributed by atoms with E-state index in [0.29, 0.717) is 12.0 Å². The second kappa shape index (κ2) is 8.75. The molecule has 0 fully saturated rings. The smallest absolute Gasteiger partial charge is 0.309 e. The van der Waals surface area contributed by atoms with E-state index in [1.165, 1.54) is 24.3 Å². The largest absolute Gasteiger partial charge is 0.388 e. The minimum atomic E-state index is -1.05. The van der Waals surface area contributed by atoms with Gasteiger partial charge in [0.25, 0.3) is 0 Å². The molecule has 0 heterocycles. The molecule has 0 aliphatic heterocycles. The average Bonchev–Trinajstić information content (AvgIpc) is 2.50. The van der Waals surface area contributed by atoms with Crippen molar-refractivity contribution in [2.24, 2.45) is 0 Å². The normalized spacial score (nSPS) is 13.3. The Hall–Kier alpha value is -1.60. The van der Waals surface area contributed by atoms with Crippen molar-refractivity contribution in [1.29, 1.82) is 0 Å². The molecule has 0 aliphatic carbocycles. The summed E-state index contributed by atoms with van der Waals surface area (Å²) >= 11 is 1.60. The van der Waals surface area contributed by atoms with E-state index in [1.54, 1.807) is 18.7 Å². The predicted octanol–water partition coefficient (Wildman–Crippen LogP) is 1.06. The van der Waals surface area contributed by atoms with Gasteiger partial charge in [-0.1, -0.05) is 12.1 Å². The van der Waals surface area contributed by atoms with E-state index in [1.807, 2.05) is 6.26 Å². The van der Waals surface area contributed by atoms with Crippen LogP contribution < -0.4 is 10.6 Å². The molecule has 0 saturated heterocycles. The number of aliphatic hydroxyl groups is 1. The van der Waals surface area contributed by atoms with Crippen LogP contribution in [0.2, 0.25) is 0 Å². The van der Waals surface area contributed by atoms with Crippen molar-refractivity contribution >= 4 is 23.6 Å². The maximum atomic E-state index is 12.7. The average molecular weight is 328 g/mol. The topological polar surface area (TPSA) is 78.4 Å². The second-order valence-electron chi connectivity index (χ2n) is 5.23. The molecule has 0 radical (unpaired) electrons. The monoisotopic (exact) mass is 328 g/mol. The van der Waals surface area contributed by atoms with Crippen LogP contribution in [0.25, 0.3) is 0 Å². The number of rotatable bonds is 7. The molecular weight excluding hydrogens is 307 g/mol. The lowest BCUT2D eigenvalue weighted by molar-refractivity contribution is -0.139. The summed E-state index contributed by atoms with van der Waals surface area (Å²) < 4.78 is 12.7. The Bertz CT molecular complexity index is 506. The van der Waals surface area contributed by atoms with Crippen LogP contribution in [0.3, 0.4) is 0 Å². The summed E-state index contributed by atoms with van der Waals surface area (Å²) in [4.78, 5) is 23.3. The van der Waals surface area contributed by atoms with Crippen LogP contribution in [0.15, 0.2) is 24.3 Å². The Labute approximate surface area is 133 Å². The third-order valence-corrected chi connectivity index (χ3v) is 3.66. The van der Waals surface area contributed by atoms with Crippen LogP contribution in [0.5, 0.6) is 0 Å². The van der Waals surface area contributed by atoms with Gasteiger partial charge in [0.1, 0.15) is 5.82 Å². The van der Waals surface area contributed by atoms with Crippen molar-refractivity contribution in [2.75, 3.05) is 18.6 Å². The summed E-state index contributed by atoms with van der Waals surface area (Å²) in [6.45, 7) is 1.76. The van der Waals surface area contributed by atoms with Crippen molar-refractivity contribution in [3.63, 3.8) is 0 Å². The van der Waals surface area contributed by atoms with Crippen LogP contribution >= 0.6 is 11.8 Å². The number of carbonyl (C=O) groups excluding carboxylic acids is 2. The molecule has 5 nitrogen and oxygen atoms in total. The first-order valence-electron chi connectivity index (χ1n) is 6.86. The molecule has 0 saturated carbocycles. The fraction of sp³-hybridized carbons (Fsp3) is 0.467. The highest BCUT2D eigenvalue weighted by Crippen LogP contribution is 2.11. The third kappa shape index (κ3) is 6.91. The molecule has 2 amide bonds. The highest BCUT2D eigenvalue weighted by Gasteiger charge is 2.22. The van der Waals surface area contributed by atoms with E-state index in [2.05, 4.69) is 10.6 Å². The van der Waals surface area contributed by atoms with Gasteiger partial charge in [0.15, 0.2) is 0 Å². The highest BCUT2D eigenvalue weighted by molar-refractivity contribution is 7.98.